The number of hydrogen-bond donors (Lipinski definition) is 0. The Labute approximate surface area is 126 Å². The van der Waals surface area contributed by atoms with Crippen LogP contribution in [0.1, 0.15) is 66.1 Å². The van der Waals surface area contributed by atoms with Crippen LogP contribution in [0.25, 0.3) is 0 Å². The lowest BCUT2D eigenvalue weighted by atomic mass is 10.0. The minimum Gasteiger partial charge on any atom is -0.349 e. The van der Waals surface area contributed by atoms with Gasteiger partial charge in [0.15, 0.2) is 5.78 Å². The molecule has 1 aromatic heterocycles. The van der Waals surface area contributed by atoms with Gasteiger partial charge in [-0.3, -0.25) is 4.79 Å². The molecule has 1 aliphatic rings. The van der Waals surface area contributed by atoms with Gasteiger partial charge in [-0.05, 0) is 41.9 Å². The normalized spacial score (nSPS) is 15.1. The van der Waals surface area contributed by atoms with Gasteiger partial charge in [0.2, 0.25) is 0 Å². The van der Waals surface area contributed by atoms with Crippen molar-refractivity contribution < 1.29 is 4.79 Å². The van der Waals surface area contributed by atoms with Gasteiger partial charge in [-0.2, -0.15) is 0 Å². The SMILES string of the molecule is CC(C)c1ccc(Cn2cc3c(c2)C(=O)CCCC3)cc1. The Morgan fingerprint density at radius 3 is 2.48 bits per heavy atom. The topological polar surface area (TPSA) is 22.0 Å². The average molecular weight is 281 g/mol. The smallest absolute Gasteiger partial charge is 0.164 e. The van der Waals surface area contributed by atoms with Gasteiger partial charge >= 0.3 is 0 Å². The van der Waals surface area contributed by atoms with E-state index in [1.54, 1.807) is 0 Å². The Bertz CT molecular complexity index is 634. The number of carbonyl (C=O) groups excluding carboxylic acids is 1. The molecule has 1 aliphatic carbocycles. The molecule has 3 rings (SSSR count). The zero-order valence-corrected chi connectivity index (χ0v) is 12.9. The number of nitrogens with zero attached hydrogens (tertiary/aromatic N) is 1. The Kier molecular flexibility index (Phi) is 3.96. The molecular weight excluding hydrogens is 258 g/mol. The van der Waals surface area contributed by atoms with Crippen molar-refractivity contribution in [2.45, 2.75) is 52.0 Å². The van der Waals surface area contributed by atoms with Crippen molar-refractivity contribution in [1.29, 1.82) is 0 Å². The highest BCUT2D eigenvalue weighted by Crippen LogP contribution is 2.22. The molecule has 0 saturated heterocycles. The summed E-state index contributed by atoms with van der Waals surface area (Å²) in [5, 5.41) is 0. The fourth-order valence-electron chi connectivity index (χ4n) is 3.05. The predicted molar refractivity (Wildman–Crippen MR) is 86.0 cm³/mol. The fraction of sp³-hybridized carbons (Fsp3) is 0.421. The first kappa shape index (κ1) is 14.1. The van der Waals surface area contributed by atoms with Crippen LogP contribution in [0.3, 0.4) is 0 Å². The Balaban J connectivity index is 1.79. The molecule has 0 atom stereocenters. The summed E-state index contributed by atoms with van der Waals surface area (Å²) >= 11 is 0. The largest absolute Gasteiger partial charge is 0.349 e. The first-order valence-corrected chi connectivity index (χ1v) is 7.94. The van der Waals surface area contributed by atoms with Gasteiger partial charge in [0, 0.05) is 30.9 Å². The average Bonchev–Trinajstić information content (AvgIpc) is 2.79. The van der Waals surface area contributed by atoms with E-state index in [-0.39, 0.29) is 0 Å². The van der Waals surface area contributed by atoms with Crippen LogP contribution in [0.4, 0.5) is 0 Å². The summed E-state index contributed by atoms with van der Waals surface area (Å²) in [6.07, 6.45) is 8.12. The minimum absolute atomic E-state index is 0.316. The van der Waals surface area contributed by atoms with Gasteiger partial charge in [-0.1, -0.05) is 38.1 Å². The monoisotopic (exact) mass is 281 g/mol. The van der Waals surface area contributed by atoms with E-state index in [2.05, 4.69) is 48.9 Å². The molecule has 2 nitrogen and oxygen atoms in total. The second kappa shape index (κ2) is 5.88. The predicted octanol–water partition coefficient (Wildman–Crippen LogP) is 4.57. The van der Waals surface area contributed by atoms with Crippen LogP contribution >= 0.6 is 0 Å². The van der Waals surface area contributed by atoms with Crippen LogP contribution in [0.2, 0.25) is 0 Å². The molecule has 2 aromatic rings. The molecule has 0 unspecified atom stereocenters. The van der Waals surface area contributed by atoms with Crippen LogP contribution in [0, 0.1) is 0 Å². The van der Waals surface area contributed by atoms with Crippen molar-refractivity contribution in [3.05, 3.63) is 58.9 Å². The molecule has 0 saturated carbocycles. The van der Waals surface area contributed by atoms with Crippen molar-refractivity contribution >= 4 is 5.78 Å². The Hall–Kier alpha value is -1.83. The van der Waals surface area contributed by atoms with Gasteiger partial charge < -0.3 is 4.57 Å². The summed E-state index contributed by atoms with van der Waals surface area (Å²) < 4.78 is 2.16. The van der Waals surface area contributed by atoms with Gasteiger partial charge in [0.1, 0.15) is 0 Å². The summed E-state index contributed by atoms with van der Waals surface area (Å²) in [5.41, 5.74) is 4.84. The third-order valence-corrected chi connectivity index (χ3v) is 4.37. The number of rotatable bonds is 3. The number of fused-ring (bicyclic) bond motifs is 1. The first-order valence-electron chi connectivity index (χ1n) is 7.94. The standard InChI is InChI=1S/C19H23NO/c1-14(2)16-9-7-15(8-10-16)11-20-12-17-5-3-4-6-19(21)18(17)13-20/h7-10,12-14H,3-6,11H2,1-2H3. The maximum absolute atomic E-state index is 12.1. The molecule has 21 heavy (non-hydrogen) atoms. The van der Waals surface area contributed by atoms with Crippen molar-refractivity contribution in [3.8, 4) is 0 Å². The van der Waals surface area contributed by atoms with Gasteiger partial charge in [0.05, 0.1) is 0 Å². The molecule has 1 heterocycles. The Morgan fingerprint density at radius 2 is 1.76 bits per heavy atom. The highest BCUT2D eigenvalue weighted by atomic mass is 16.1. The van der Waals surface area contributed by atoms with Gasteiger partial charge in [-0.25, -0.2) is 0 Å². The summed E-state index contributed by atoms with van der Waals surface area (Å²) in [5.74, 6) is 0.885. The van der Waals surface area contributed by atoms with E-state index in [9.17, 15) is 4.79 Å². The molecular formula is C19H23NO. The maximum Gasteiger partial charge on any atom is 0.164 e. The lowest BCUT2D eigenvalue weighted by Gasteiger charge is -2.08. The van der Waals surface area contributed by atoms with E-state index in [4.69, 9.17) is 0 Å². The van der Waals surface area contributed by atoms with E-state index < -0.39 is 0 Å². The van der Waals surface area contributed by atoms with E-state index >= 15 is 0 Å². The second-order valence-corrected chi connectivity index (χ2v) is 6.40. The number of aromatic nitrogens is 1. The van der Waals surface area contributed by atoms with E-state index in [1.807, 2.05) is 6.20 Å². The molecule has 0 aliphatic heterocycles. The van der Waals surface area contributed by atoms with E-state index in [0.29, 0.717) is 18.1 Å². The summed E-state index contributed by atoms with van der Waals surface area (Å²) in [6.45, 7) is 5.27. The lowest BCUT2D eigenvalue weighted by molar-refractivity contribution is 0.0982. The highest BCUT2D eigenvalue weighted by molar-refractivity contribution is 5.97. The molecule has 0 spiro atoms. The van der Waals surface area contributed by atoms with Crippen LogP contribution in [-0.2, 0) is 13.0 Å². The van der Waals surface area contributed by atoms with Crippen LogP contribution in [0.15, 0.2) is 36.7 Å². The minimum atomic E-state index is 0.316. The first-order chi connectivity index (χ1) is 10.1. The molecule has 0 N–H and O–H groups in total. The van der Waals surface area contributed by atoms with Gasteiger partial charge in [-0.15, -0.1) is 0 Å². The maximum atomic E-state index is 12.1. The second-order valence-electron chi connectivity index (χ2n) is 6.40. The fourth-order valence-corrected chi connectivity index (χ4v) is 3.05. The van der Waals surface area contributed by atoms with E-state index in [1.165, 1.54) is 16.7 Å². The third kappa shape index (κ3) is 3.10. The van der Waals surface area contributed by atoms with Gasteiger partial charge in [0.25, 0.3) is 0 Å². The number of benzene rings is 1. The number of Topliss-reactive ketones (excluding diaryl/α,β-unsaturated/α-hetero) is 1. The van der Waals surface area contributed by atoms with E-state index in [0.717, 1.165) is 31.4 Å². The summed E-state index contributed by atoms with van der Waals surface area (Å²) in [7, 11) is 0. The van der Waals surface area contributed by atoms with Crippen molar-refractivity contribution in [1.82, 2.24) is 4.57 Å². The molecule has 0 bridgehead atoms. The lowest BCUT2D eigenvalue weighted by Crippen LogP contribution is -1.99. The van der Waals surface area contributed by atoms with Crippen LogP contribution < -0.4 is 0 Å². The number of aryl methyl sites for hydroxylation is 1. The highest BCUT2D eigenvalue weighted by Gasteiger charge is 2.17. The van der Waals surface area contributed by atoms with Crippen molar-refractivity contribution in [2.75, 3.05) is 0 Å². The molecule has 0 fully saturated rings. The third-order valence-electron chi connectivity index (χ3n) is 4.37. The molecule has 2 heteroatoms. The molecule has 0 radical (unpaired) electrons. The number of ketones is 1. The van der Waals surface area contributed by atoms with Crippen molar-refractivity contribution in [2.24, 2.45) is 0 Å². The molecule has 110 valence electrons. The zero-order chi connectivity index (χ0) is 14.8. The number of carbonyl (C=O) groups is 1. The molecule has 1 aromatic carbocycles. The van der Waals surface area contributed by atoms with Crippen LogP contribution in [-0.4, -0.2) is 10.4 Å². The number of hydrogen-bond acceptors (Lipinski definition) is 1. The summed E-state index contributed by atoms with van der Waals surface area (Å²) in [4.78, 5) is 12.1. The Morgan fingerprint density at radius 1 is 1.05 bits per heavy atom. The summed E-state index contributed by atoms with van der Waals surface area (Å²) in [6, 6.07) is 8.81. The quantitative estimate of drug-likeness (QED) is 0.755. The zero-order valence-electron chi connectivity index (χ0n) is 12.9. The molecule has 0 amide bonds. The van der Waals surface area contributed by atoms with Crippen LogP contribution in [0.5, 0.6) is 0 Å². The van der Waals surface area contributed by atoms with Crippen molar-refractivity contribution in [3.63, 3.8) is 0 Å².